The van der Waals surface area contributed by atoms with Gasteiger partial charge >= 0.3 is 0 Å². The molecule has 2 atom stereocenters. The molecule has 2 N–H and O–H groups in total. The zero-order chi connectivity index (χ0) is 10.7. The second-order valence-electron chi connectivity index (χ2n) is 2.75. The number of halogens is 1. The molecule has 0 bridgehead atoms. The van der Waals surface area contributed by atoms with Gasteiger partial charge in [-0.2, -0.15) is 5.26 Å². The molecule has 14 heavy (non-hydrogen) atoms. The fraction of sp³-hybridized carbons (Fsp3) is 0.222. The van der Waals surface area contributed by atoms with Crippen molar-refractivity contribution in [2.24, 2.45) is 0 Å². The first-order valence-electron chi connectivity index (χ1n) is 3.91. The molecule has 0 saturated carbocycles. The minimum atomic E-state index is -1.35. The van der Waals surface area contributed by atoms with Crippen LogP contribution < -0.4 is 5.73 Å². The molecule has 0 heterocycles. The molecule has 0 aliphatic carbocycles. The Labute approximate surface area is 93.5 Å². The van der Waals surface area contributed by atoms with Gasteiger partial charge in [0.15, 0.2) is 0 Å². The number of nitrogens with two attached hydrogens (primary N) is 1. The first-order valence-corrected chi connectivity index (χ1v) is 5.92. The fourth-order valence-corrected chi connectivity index (χ4v) is 2.29. The van der Waals surface area contributed by atoms with Crippen molar-refractivity contribution in [2.75, 3.05) is 5.73 Å². The Morgan fingerprint density at radius 1 is 1.64 bits per heavy atom. The molecular formula is C9H9BrN2OS. The third-order valence-corrected chi connectivity index (χ3v) is 3.74. The van der Waals surface area contributed by atoms with Gasteiger partial charge in [0.25, 0.3) is 0 Å². The van der Waals surface area contributed by atoms with Crippen LogP contribution in [0.15, 0.2) is 27.6 Å². The van der Waals surface area contributed by atoms with Gasteiger partial charge in [-0.25, -0.2) is 0 Å². The van der Waals surface area contributed by atoms with Crippen LogP contribution in [0.5, 0.6) is 0 Å². The minimum absolute atomic E-state index is 0.444. The molecule has 0 aromatic heterocycles. The predicted molar refractivity (Wildman–Crippen MR) is 60.0 cm³/mol. The van der Waals surface area contributed by atoms with Crippen molar-refractivity contribution >= 4 is 32.4 Å². The predicted octanol–water partition coefficient (Wildman–Crippen LogP) is 2.05. The number of anilines is 1. The zero-order valence-electron chi connectivity index (χ0n) is 7.53. The lowest BCUT2D eigenvalue weighted by Crippen LogP contribution is -2.09. The second kappa shape index (κ2) is 4.58. The highest BCUT2D eigenvalue weighted by Gasteiger charge is 2.14. The standard InChI is InChI=1S/C9H9BrN2OS/c1-6(5-11)14(13)9-3-2-7(10)4-8(9)12/h2-4,6H,12H2,1H3. The molecule has 1 aromatic rings. The zero-order valence-corrected chi connectivity index (χ0v) is 9.93. The van der Waals surface area contributed by atoms with Crippen LogP contribution in [-0.2, 0) is 10.8 Å². The normalized spacial score (nSPS) is 14.4. The molecule has 74 valence electrons. The Kier molecular flexibility index (Phi) is 3.67. The lowest BCUT2D eigenvalue weighted by Gasteiger charge is -2.06. The Morgan fingerprint density at radius 2 is 2.29 bits per heavy atom. The van der Waals surface area contributed by atoms with E-state index in [1.807, 2.05) is 6.07 Å². The van der Waals surface area contributed by atoms with Crippen molar-refractivity contribution in [3.63, 3.8) is 0 Å². The van der Waals surface area contributed by atoms with E-state index in [9.17, 15) is 4.21 Å². The van der Waals surface area contributed by atoms with Crippen LogP contribution in [-0.4, -0.2) is 9.46 Å². The van der Waals surface area contributed by atoms with E-state index >= 15 is 0 Å². The van der Waals surface area contributed by atoms with Crippen LogP contribution >= 0.6 is 15.9 Å². The second-order valence-corrected chi connectivity index (χ2v) is 5.41. The summed E-state index contributed by atoms with van der Waals surface area (Å²) in [4.78, 5) is 0.516. The maximum atomic E-state index is 11.7. The van der Waals surface area contributed by atoms with E-state index < -0.39 is 16.0 Å². The van der Waals surface area contributed by atoms with Crippen LogP contribution in [0, 0.1) is 11.3 Å². The first kappa shape index (κ1) is 11.2. The highest BCUT2D eigenvalue weighted by Crippen LogP contribution is 2.23. The van der Waals surface area contributed by atoms with Crippen LogP contribution in [0.2, 0.25) is 0 Å². The lowest BCUT2D eigenvalue weighted by molar-refractivity contribution is 0.680. The van der Waals surface area contributed by atoms with Crippen LogP contribution in [0.25, 0.3) is 0 Å². The Bertz CT molecular complexity index is 414. The van der Waals surface area contributed by atoms with E-state index in [1.54, 1.807) is 25.1 Å². The summed E-state index contributed by atoms with van der Waals surface area (Å²) < 4.78 is 12.5. The molecule has 0 amide bonds. The molecule has 0 radical (unpaired) electrons. The topological polar surface area (TPSA) is 66.9 Å². The summed E-state index contributed by atoms with van der Waals surface area (Å²) in [5.74, 6) is 0. The highest BCUT2D eigenvalue weighted by atomic mass is 79.9. The number of benzene rings is 1. The van der Waals surface area contributed by atoms with E-state index in [-0.39, 0.29) is 0 Å². The van der Waals surface area contributed by atoms with Crippen molar-refractivity contribution < 1.29 is 4.21 Å². The lowest BCUT2D eigenvalue weighted by atomic mass is 10.3. The molecule has 0 aliphatic heterocycles. The fourth-order valence-electron chi connectivity index (χ4n) is 0.941. The summed E-state index contributed by atoms with van der Waals surface area (Å²) in [6.45, 7) is 1.61. The first-order chi connectivity index (χ1) is 6.56. The van der Waals surface area contributed by atoms with Crippen molar-refractivity contribution in [2.45, 2.75) is 17.1 Å². The minimum Gasteiger partial charge on any atom is -0.398 e. The summed E-state index contributed by atoms with van der Waals surface area (Å²) >= 11 is 3.26. The van der Waals surface area contributed by atoms with Crippen LogP contribution in [0.1, 0.15) is 6.92 Å². The summed E-state index contributed by atoms with van der Waals surface area (Å²) in [6, 6.07) is 7.04. The van der Waals surface area contributed by atoms with E-state index in [1.165, 1.54) is 0 Å². The smallest absolute Gasteiger partial charge is 0.123 e. The van der Waals surface area contributed by atoms with Crippen molar-refractivity contribution in [3.05, 3.63) is 22.7 Å². The van der Waals surface area contributed by atoms with Gasteiger partial charge in [0, 0.05) is 10.2 Å². The number of nitriles is 1. The maximum Gasteiger partial charge on any atom is 0.123 e. The van der Waals surface area contributed by atoms with Gasteiger partial charge in [-0.1, -0.05) is 15.9 Å². The van der Waals surface area contributed by atoms with Crippen molar-refractivity contribution in [1.82, 2.24) is 0 Å². The van der Waals surface area contributed by atoms with Crippen LogP contribution in [0.3, 0.4) is 0 Å². The molecule has 2 unspecified atom stereocenters. The third-order valence-electron chi connectivity index (χ3n) is 1.69. The Morgan fingerprint density at radius 3 is 2.79 bits per heavy atom. The van der Waals surface area contributed by atoms with Gasteiger partial charge in [-0.15, -0.1) is 0 Å². The monoisotopic (exact) mass is 272 g/mol. The van der Waals surface area contributed by atoms with E-state index in [2.05, 4.69) is 15.9 Å². The van der Waals surface area contributed by atoms with Gasteiger partial charge in [-0.3, -0.25) is 4.21 Å². The van der Waals surface area contributed by atoms with Crippen LogP contribution in [0.4, 0.5) is 5.69 Å². The molecule has 5 heteroatoms. The number of nitrogen functional groups attached to an aromatic ring is 1. The molecule has 0 fully saturated rings. The summed E-state index contributed by atoms with van der Waals surface area (Å²) in [5.41, 5.74) is 6.13. The van der Waals surface area contributed by atoms with Gasteiger partial charge in [0.1, 0.15) is 5.25 Å². The number of hydrogen-bond donors (Lipinski definition) is 1. The summed E-state index contributed by atoms with van der Waals surface area (Å²) in [5, 5.41) is 8.08. The molecule has 3 nitrogen and oxygen atoms in total. The van der Waals surface area contributed by atoms with Crippen molar-refractivity contribution in [3.8, 4) is 6.07 Å². The number of hydrogen-bond acceptors (Lipinski definition) is 3. The average molecular weight is 273 g/mol. The van der Waals surface area contributed by atoms with Gasteiger partial charge in [-0.05, 0) is 25.1 Å². The Hall–Kier alpha value is -0.860. The highest BCUT2D eigenvalue weighted by molar-refractivity contribution is 9.10. The molecule has 1 rings (SSSR count). The average Bonchev–Trinajstić information content (AvgIpc) is 2.15. The van der Waals surface area contributed by atoms with E-state index in [0.717, 1.165) is 4.47 Å². The van der Waals surface area contributed by atoms with Gasteiger partial charge in [0.2, 0.25) is 0 Å². The van der Waals surface area contributed by atoms with Crippen molar-refractivity contribution in [1.29, 1.82) is 5.26 Å². The van der Waals surface area contributed by atoms with Gasteiger partial charge < -0.3 is 5.73 Å². The Balaban J connectivity index is 3.09. The van der Waals surface area contributed by atoms with E-state index in [0.29, 0.717) is 10.6 Å². The van der Waals surface area contributed by atoms with Gasteiger partial charge in [0.05, 0.1) is 21.8 Å². The molecular weight excluding hydrogens is 264 g/mol. The third kappa shape index (κ3) is 2.34. The molecule has 1 aromatic carbocycles. The van der Waals surface area contributed by atoms with E-state index in [4.69, 9.17) is 11.0 Å². The number of nitrogens with zero attached hydrogens (tertiary/aromatic N) is 1. The molecule has 0 spiro atoms. The SMILES string of the molecule is CC(C#N)S(=O)c1ccc(Br)cc1N. The molecule has 0 aliphatic rings. The quantitative estimate of drug-likeness (QED) is 0.838. The summed E-state index contributed by atoms with van der Waals surface area (Å²) in [7, 11) is -1.35. The molecule has 0 saturated heterocycles. The summed E-state index contributed by atoms with van der Waals surface area (Å²) in [6.07, 6.45) is 0. The largest absolute Gasteiger partial charge is 0.398 e. The maximum absolute atomic E-state index is 11.7. The number of rotatable bonds is 2.